The first-order chi connectivity index (χ1) is 10.6. The van der Waals surface area contributed by atoms with E-state index in [-0.39, 0.29) is 17.7 Å². The van der Waals surface area contributed by atoms with Crippen molar-refractivity contribution in [2.24, 2.45) is 0 Å². The number of benzene rings is 1. The minimum absolute atomic E-state index is 0.000584. The molecule has 0 saturated carbocycles. The van der Waals surface area contributed by atoms with Gasteiger partial charge in [-0.05, 0) is 25.0 Å². The maximum Gasteiger partial charge on any atom is 0.261 e. The number of fused-ring (bicyclic) bond motifs is 1. The molecule has 3 amide bonds. The van der Waals surface area contributed by atoms with Gasteiger partial charge in [-0.2, -0.15) is 0 Å². The van der Waals surface area contributed by atoms with E-state index in [9.17, 15) is 14.4 Å². The molecule has 0 spiro atoms. The molecule has 0 atom stereocenters. The van der Waals surface area contributed by atoms with Crippen LogP contribution in [-0.2, 0) is 4.79 Å². The Labute approximate surface area is 130 Å². The maximum atomic E-state index is 12.1. The van der Waals surface area contributed by atoms with E-state index in [4.69, 9.17) is 0 Å². The van der Waals surface area contributed by atoms with Crippen molar-refractivity contribution >= 4 is 17.7 Å². The van der Waals surface area contributed by atoms with Gasteiger partial charge in [0, 0.05) is 19.5 Å². The first kappa shape index (κ1) is 15.9. The number of hydrogen-bond donors (Lipinski definition) is 1. The summed E-state index contributed by atoms with van der Waals surface area (Å²) in [6.07, 6.45) is 4.34. The summed E-state index contributed by atoms with van der Waals surface area (Å²) in [5.41, 5.74) is 0.965. The van der Waals surface area contributed by atoms with Gasteiger partial charge in [0.1, 0.15) is 0 Å². The fourth-order valence-corrected chi connectivity index (χ4v) is 2.45. The average molecular weight is 300 g/mol. The van der Waals surface area contributed by atoms with Crippen LogP contribution < -0.4 is 5.32 Å². The highest BCUT2D eigenvalue weighted by molar-refractivity contribution is 6.21. The predicted octanol–water partition coefficient (Wildman–Crippen LogP) is 2.15. The van der Waals surface area contributed by atoms with Gasteiger partial charge in [-0.3, -0.25) is 19.3 Å². The Balaban J connectivity index is 1.73. The third-order valence-electron chi connectivity index (χ3n) is 3.61. The number of imide groups is 1. The molecule has 5 nitrogen and oxygen atoms in total. The van der Waals surface area contributed by atoms with Crippen LogP contribution in [0.3, 0.4) is 0 Å². The zero-order valence-electron chi connectivity index (χ0n) is 12.5. The van der Waals surface area contributed by atoms with Crippen molar-refractivity contribution < 1.29 is 14.4 Å². The first-order valence-corrected chi connectivity index (χ1v) is 7.48. The molecule has 1 aromatic rings. The van der Waals surface area contributed by atoms with Gasteiger partial charge in [-0.25, -0.2) is 0 Å². The summed E-state index contributed by atoms with van der Waals surface area (Å²) in [6, 6.07) is 6.88. The van der Waals surface area contributed by atoms with Crippen molar-refractivity contribution in [3.63, 3.8) is 0 Å². The first-order valence-electron chi connectivity index (χ1n) is 7.48. The standard InChI is InChI=1S/C17H20N2O3/c1-2-11-18-15(20)10-4-3-7-12-19-16(21)13-8-5-6-9-14(13)17(19)22/h2,5-6,8-9H,1,3-4,7,10-12H2,(H,18,20). The molecule has 1 aliphatic heterocycles. The van der Waals surface area contributed by atoms with Crippen LogP contribution in [0.15, 0.2) is 36.9 Å². The van der Waals surface area contributed by atoms with Crippen LogP contribution in [0.5, 0.6) is 0 Å². The smallest absolute Gasteiger partial charge is 0.261 e. The second kappa shape index (κ2) is 7.54. The van der Waals surface area contributed by atoms with Crippen molar-refractivity contribution in [1.82, 2.24) is 10.2 Å². The lowest BCUT2D eigenvalue weighted by Gasteiger charge is -2.13. The third-order valence-corrected chi connectivity index (χ3v) is 3.61. The SMILES string of the molecule is C=CCNC(=O)CCCCCN1C(=O)c2ccccc2C1=O. The minimum atomic E-state index is -0.218. The van der Waals surface area contributed by atoms with Crippen LogP contribution in [0, 0.1) is 0 Å². The van der Waals surface area contributed by atoms with Gasteiger partial charge in [0.25, 0.3) is 11.8 Å². The fraction of sp³-hybridized carbons (Fsp3) is 0.353. The number of carbonyl (C=O) groups excluding carboxylic acids is 3. The van der Waals surface area contributed by atoms with Gasteiger partial charge in [0.15, 0.2) is 0 Å². The van der Waals surface area contributed by atoms with Gasteiger partial charge in [-0.15, -0.1) is 6.58 Å². The lowest BCUT2D eigenvalue weighted by molar-refractivity contribution is -0.121. The van der Waals surface area contributed by atoms with Crippen LogP contribution in [-0.4, -0.2) is 35.7 Å². The molecule has 0 unspecified atom stereocenters. The molecule has 0 bridgehead atoms. The van der Waals surface area contributed by atoms with Crippen molar-refractivity contribution in [3.05, 3.63) is 48.0 Å². The van der Waals surface area contributed by atoms with Gasteiger partial charge in [0.2, 0.25) is 5.91 Å². The van der Waals surface area contributed by atoms with E-state index in [2.05, 4.69) is 11.9 Å². The largest absolute Gasteiger partial charge is 0.353 e. The van der Waals surface area contributed by atoms with Crippen molar-refractivity contribution in [2.45, 2.75) is 25.7 Å². The summed E-state index contributed by atoms with van der Waals surface area (Å²) in [4.78, 5) is 36.9. The molecule has 0 saturated heterocycles. The van der Waals surface area contributed by atoms with E-state index in [1.807, 2.05) is 0 Å². The molecule has 0 aliphatic carbocycles. The predicted molar refractivity (Wildman–Crippen MR) is 83.5 cm³/mol. The lowest BCUT2D eigenvalue weighted by atomic mass is 10.1. The average Bonchev–Trinajstić information content (AvgIpc) is 2.77. The quantitative estimate of drug-likeness (QED) is 0.454. The Hall–Kier alpha value is -2.43. The number of unbranched alkanes of at least 4 members (excludes halogenated alkanes) is 2. The van der Waals surface area contributed by atoms with E-state index >= 15 is 0 Å². The summed E-state index contributed by atoms with van der Waals surface area (Å²) < 4.78 is 0. The molecule has 0 aromatic heterocycles. The Bertz CT molecular complexity index is 560. The van der Waals surface area contributed by atoms with Crippen molar-refractivity contribution in [2.75, 3.05) is 13.1 Å². The van der Waals surface area contributed by atoms with Gasteiger partial charge < -0.3 is 5.32 Å². The molecule has 22 heavy (non-hydrogen) atoms. The second-order valence-corrected chi connectivity index (χ2v) is 5.21. The monoisotopic (exact) mass is 300 g/mol. The number of nitrogens with zero attached hydrogens (tertiary/aromatic N) is 1. The van der Waals surface area contributed by atoms with E-state index < -0.39 is 0 Å². The van der Waals surface area contributed by atoms with E-state index in [0.717, 1.165) is 12.8 Å². The highest BCUT2D eigenvalue weighted by Crippen LogP contribution is 2.22. The summed E-state index contributed by atoms with van der Waals surface area (Å²) >= 11 is 0. The van der Waals surface area contributed by atoms with Crippen LogP contribution in [0.2, 0.25) is 0 Å². The lowest BCUT2D eigenvalue weighted by Crippen LogP contribution is -2.30. The van der Waals surface area contributed by atoms with Crippen molar-refractivity contribution in [3.8, 4) is 0 Å². The summed E-state index contributed by atoms with van der Waals surface area (Å²) in [6.45, 7) is 4.42. The zero-order valence-corrected chi connectivity index (χ0v) is 12.5. The molecule has 2 rings (SSSR count). The molecule has 1 aliphatic rings. The minimum Gasteiger partial charge on any atom is -0.353 e. The second-order valence-electron chi connectivity index (χ2n) is 5.21. The molecule has 0 radical (unpaired) electrons. The Morgan fingerprint density at radius 1 is 1.09 bits per heavy atom. The fourth-order valence-electron chi connectivity index (χ4n) is 2.45. The molecule has 0 fully saturated rings. The Morgan fingerprint density at radius 2 is 1.73 bits per heavy atom. The summed E-state index contributed by atoms with van der Waals surface area (Å²) in [5.74, 6) is -0.436. The van der Waals surface area contributed by atoms with Crippen molar-refractivity contribution in [1.29, 1.82) is 0 Å². The van der Waals surface area contributed by atoms with Gasteiger partial charge in [-0.1, -0.05) is 24.6 Å². The van der Waals surface area contributed by atoms with Gasteiger partial charge >= 0.3 is 0 Å². The molecular weight excluding hydrogens is 280 g/mol. The number of rotatable bonds is 8. The van der Waals surface area contributed by atoms with E-state index in [0.29, 0.717) is 37.1 Å². The van der Waals surface area contributed by atoms with Crippen LogP contribution in [0.4, 0.5) is 0 Å². The van der Waals surface area contributed by atoms with Gasteiger partial charge in [0.05, 0.1) is 11.1 Å². The summed E-state index contributed by atoms with van der Waals surface area (Å²) in [5, 5.41) is 2.71. The third kappa shape index (κ3) is 3.61. The molecular formula is C17H20N2O3. The molecule has 1 aromatic carbocycles. The Morgan fingerprint density at radius 3 is 2.32 bits per heavy atom. The summed E-state index contributed by atoms with van der Waals surface area (Å²) in [7, 11) is 0. The number of amides is 3. The molecule has 5 heteroatoms. The maximum absolute atomic E-state index is 12.1. The van der Waals surface area contributed by atoms with E-state index in [1.54, 1.807) is 30.3 Å². The molecule has 1 N–H and O–H groups in total. The Kier molecular flexibility index (Phi) is 5.47. The van der Waals surface area contributed by atoms with Crippen LogP contribution in [0.1, 0.15) is 46.4 Å². The zero-order chi connectivity index (χ0) is 15.9. The normalized spacial score (nSPS) is 13.2. The number of hydrogen-bond acceptors (Lipinski definition) is 3. The highest BCUT2D eigenvalue weighted by Gasteiger charge is 2.34. The molecule has 116 valence electrons. The molecule has 1 heterocycles. The number of nitrogens with one attached hydrogen (secondary N) is 1. The van der Waals surface area contributed by atoms with Crippen LogP contribution in [0.25, 0.3) is 0 Å². The van der Waals surface area contributed by atoms with E-state index in [1.165, 1.54) is 4.90 Å². The number of carbonyl (C=O) groups is 3. The topological polar surface area (TPSA) is 66.5 Å². The van der Waals surface area contributed by atoms with Crippen LogP contribution >= 0.6 is 0 Å². The highest BCUT2D eigenvalue weighted by atomic mass is 16.2.